The van der Waals surface area contributed by atoms with Crippen molar-refractivity contribution in [3.8, 4) is 0 Å². The standard InChI is InChI=1S/C24H21F2N3O5/c25-24(26)10-18(24)14-3-5-16(6-4-14)27-23(33)34-12-13-1-2-15-11-29(22(32)17(15)9-13)19-7-8-20(30)28-21(19)31/h1-6,9,18-19H,7-8,10-12H2,(H,27,33)(H,28,30,31). The van der Waals surface area contributed by atoms with E-state index in [2.05, 4.69) is 10.6 Å². The van der Waals surface area contributed by atoms with Gasteiger partial charge in [-0.15, -0.1) is 0 Å². The zero-order chi connectivity index (χ0) is 24.0. The molecular formula is C24H21F2N3O5. The zero-order valence-corrected chi connectivity index (χ0v) is 18.0. The van der Waals surface area contributed by atoms with Crippen LogP contribution in [-0.2, 0) is 27.5 Å². The van der Waals surface area contributed by atoms with Crippen LogP contribution in [0.5, 0.6) is 0 Å². The second kappa shape index (κ2) is 8.19. The number of fused-ring (bicyclic) bond motifs is 1. The van der Waals surface area contributed by atoms with E-state index in [4.69, 9.17) is 4.74 Å². The molecule has 1 saturated carbocycles. The van der Waals surface area contributed by atoms with Gasteiger partial charge in [0.25, 0.3) is 11.8 Å². The molecule has 1 aliphatic carbocycles. The number of piperidine rings is 1. The van der Waals surface area contributed by atoms with Crippen LogP contribution in [0.4, 0.5) is 19.3 Å². The number of carbonyl (C=O) groups is 4. The van der Waals surface area contributed by atoms with Crippen molar-refractivity contribution in [2.75, 3.05) is 5.32 Å². The van der Waals surface area contributed by atoms with Crippen molar-refractivity contribution in [1.82, 2.24) is 10.2 Å². The third kappa shape index (κ3) is 4.23. The molecule has 4 amide bonds. The Balaban J connectivity index is 1.17. The molecular weight excluding hydrogens is 448 g/mol. The molecule has 5 rings (SSSR count). The van der Waals surface area contributed by atoms with E-state index in [9.17, 15) is 28.0 Å². The van der Waals surface area contributed by atoms with Crippen LogP contribution in [0, 0.1) is 0 Å². The second-order valence-electron chi connectivity index (χ2n) is 8.73. The van der Waals surface area contributed by atoms with E-state index in [1.807, 2.05) is 0 Å². The number of carbonyl (C=O) groups excluding carboxylic acids is 4. The normalized spacial score (nSPS) is 22.8. The highest BCUT2D eigenvalue weighted by atomic mass is 19.3. The van der Waals surface area contributed by atoms with Crippen molar-refractivity contribution < 1.29 is 32.7 Å². The molecule has 2 unspecified atom stereocenters. The lowest BCUT2D eigenvalue weighted by Crippen LogP contribution is -2.52. The SMILES string of the molecule is O=C1CCC(N2Cc3ccc(COC(=O)Nc4ccc(C5CC5(F)F)cc4)cc3C2=O)C(=O)N1. The first-order chi connectivity index (χ1) is 16.2. The Labute approximate surface area is 193 Å². The van der Waals surface area contributed by atoms with Gasteiger partial charge in [0, 0.05) is 30.6 Å². The lowest BCUT2D eigenvalue weighted by atomic mass is 10.0. The van der Waals surface area contributed by atoms with Gasteiger partial charge in [0.15, 0.2) is 0 Å². The molecule has 176 valence electrons. The number of alkyl halides is 2. The van der Waals surface area contributed by atoms with E-state index in [0.29, 0.717) is 22.4 Å². The van der Waals surface area contributed by atoms with Gasteiger partial charge in [0.2, 0.25) is 11.8 Å². The van der Waals surface area contributed by atoms with Crippen LogP contribution in [0.3, 0.4) is 0 Å². The number of rotatable bonds is 5. The fraction of sp³-hybridized carbons (Fsp3) is 0.333. The minimum Gasteiger partial charge on any atom is -0.444 e. The molecule has 2 aliphatic heterocycles. The van der Waals surface area contributed by atoms with Gasteiger partial charge in [-0.05, 0) is 41.3 Å². The van der Waals surface area contributed by atoms with Gasteiger partial charge in [-0.3, -0.25) is 25.0 Å². The Hall–Kier alpha value is -3.82. The molecule has 0 aromatic heterocycles. The third-order valence-electron chi connectivity index (χ3n) is 6.35. The van der Waals surface area contributed by atoms with E-state index in [-0.39, 0.29) is 44.2 Å². The predicted molar refractivity (Wildman–Crippen MR) is 115 cm³/mol. The Morgan fingerprint density at radius 3 is 2.56 bits per heavy atom. The largest absolute Gasteiger partial charge is 0.444 e. The lowest BCUT2D eigenvalue weighted by molar-refractivity contribution is -0.136. The molecule has 2 aromatic rings. The molecule has 0 radical (unpaired) electrons. The predicted octanol–water partition coefficient (Wildman–Crippen LogP) is 3.32. The van der Waals surface area contributed by atoms with Crippen LogP contribution in [0.25, 0.3) is 0 Å². The first kappa shape index (κ1) is 22.0. The molecule has 34 heavy (non-hydrogen) atoms. The number of ether oxygens (including phenoxy) is 1. The molecule has 2 aromatic carbocycles. The fourth-order valence-electron chi connectivity index (χ4n) is 4.37. The molecule has 2 heterocycles. The van der Waals surface area contributed by atoms with Gasteiger partial charge in [0.05, 0.1) is 5.92 Å². The van der Waals surface area contributed by atoms with Crippen molar-refractivity contribution in [3.05, 3.63) is 64.7 Å². The van der Waals surface area contributed by atoms with Crippen molar-refractivity contribution in [2.45, 2.75) is 50.3 Å². The van der Waals surface area contributed by atoms with E-state index < -0.39 is 29.9 Å². The average Bonchev–Trinajstić information content (AvgIpc) is 3.32. The summed E-state index contributed by atoms with van der Waals surface area (Å²) < 4.78 is 31.6. The number of anilines is 1. The fourth-order valence-corrected chi connectivity index (χ4v) is 4.37. The second-order valence-corrected chi connectivity index (χ2v) is 8.73. The van der Waals surface area contributed by atoms with Gasteiger partial charge in [-0.2, -0.15) is 0 Å². The van der Waals surface area contributed by atoms with Crippen molar-refractivity contribution >= 4 is 29.5 Å². The highest BCUT2D eigenvalue weighted by Crippen LogP contribution is 2.55. The van der Waals surface area contributed by atoms with Crippen molar-refractivity contribution in [2.24, 2.45) is 0 Å². The first-order valence-corrected chi connectivity index (χ1v) is 10.9. The summed E-state index contributed by atoms with van der Waals surface area (Å²) in [4.78, 5) is 50.0. The highest BCUT2D eigenvalue weighted by Gasteiger charge is 2.57. The maximum Gasteiger partial charge on any atom is 0.411 e. The number of nitrogens with one attached hydrogen (secondary N) is 2. The van der Waals surface area contributed by atoms with Crippen molar-refractivity contribution in [3.63, 3.8) is 0 Å². The van der Waals surface area contributed by atoms with Crippen molar-refractivity contribution in [1.29, 1.82) is 0 Å². The van der Waals surface area contributed by atoms with Gasteiger partial charge in [-0.25, -0.2) is 13.6 Å². The maximum atomic E-state index is 13.2. The minimum atomic E-state index is -2.65. The van der Waals surface area contributed by atoms with E-state index in [1.54, 1.807) is 42.5 Å². The van der Waals surface area contributed by atoms with Crippen LogP contribution in [0.1, 0.15) is 52.2 Å². The monoisotopic (exact) mass is 469 g/mol. The summed E-state index contributed by atoms with van der Waals surface area (Å²) in [6.45, 7) is 0.183. The lowest BCUT2D eigenvalue weighted by Gasteiger charge is -2.29. The molecule has 10 heteroatoms. The summed E-state index contributed by atoms with van der Waals surface area (Å²) in [6, 6.07) is 10.6. The number of hydrogen-bond donors (Lipinski definition) is 2. The number of benzene rings is 2. The summed E-state index contributed by atoms with van der Waals surface area (Å²) in [6.07, 6.45) is -0.414. The van der Waals surface area contributed by atoms with E-state index in [0.717, 1.165) is 5.56 Å². The van der Waals surface area contributed by atoms with E-state index in [1.165, 1.54) is 4.90 Å². The number of imide groups is 1. The number of amides is 4. The summed E-state index contributed by atoms with van der Waals surface area (Å²) in [5.41, 5.74) is 2.72. The summed E-state index contributed by atoms with van der Waals surface area (Å²) >= 11 is 0. The number of halogens is 2. The van der Waals surface area contributed by atoms with Crippen LogP contribution in [0.15, 0.2) is 42.5 Å². The molecule has 2 N–H and O–H groups in total. The van der Waals surface area contributed by atoms with Gasteiger partial charge in [-0.1, -0.05) is 24.3 Å². The Morgan fingerprint density at radius 2 is 1.88 bits per heavy atom. The van der Waals surface area contributed by atoms with Crippen LogP contribution < -0.4 is 10.6 Å². The first-order valence-electron chi connectivity index (χ1n) is 10.9. The highest BCUT2D eigenvalue weighted by molar-refractivity contribution is 6.05. The molecule has 1 saturated heterocycles. The van der Waals surface area contributed by atoms with E-state index >= 15 is 0 Å². The number of hydrogen-bond acceptors (Lipinski definition) is 5. The average molecular weight is 469 g/mol. The van der Waals surface area contributed by atoms with Crippen LogP contribution in [-0.4, -0.2) is 40.7 Å². The zero-order valence-electron chi connectivity index (χ0n) is 18.0. The quantitative estimate of drug-likeness (QED) is 0.654. The Bertz CT molecular complexity index is 1200. The van der Waals surface area contributed by atoms with Gasteiger partial charge in [0.1, 0.15) is 12.6 Å². The van der Waals surface area contributed by atoms with Crippen LogP contribution >= 0.6 is 0 Å². The molecule has 2 fully saturated rings. The Kier molecular flexibility index (Phi) is 5.30. The summed E-state index contributed by atoms with van der Waals surface area (Å²) in [5.74, 6) is -4.54. The molecule has 2 atom stereocenters. The smallest absolute Gasteiger partial charge is 0.411 e. The summed E-state index contributed by atoms with van der Waals surface area (Å²) in [7, 11) is 0. The van der Waals surface area contributed by atoms with Gasteiger partial charge >= 0.3 is 6.09 Å². The topological polar surface area (TPSA) is 105 Å². The third-order valence-corrected chi connectivity index (χ3v) is 6.35. The van der Waals surface area contributed by atoms with Crippen LogP contribution in [0.2, 0.25) is 0 Å². The Morgan fingerprint density at radius 1 is 1.15 bits per heavy atom. The maximum absolute atomic E-state index is 13.2. The number of nitrogens with zero attached hydrogens (tertiary/aromatic N) is 1. The molecule has 0 bridgehead atoms. The molecule has 8 nitrogen and oxygen atoms in total. The molecule has 0 spiro atoms. The molecule has 3 aliphatic rings. The summed E-state index contributed by atoms with van der Waals surface area (Å²) in [5, 5.41) is 4.81. The van der Waals surface area contributed by atoms with Gasteiger partial charge < -0.3 is 9.64 Å². The minimum absolute atomic E-state index is 0.0861.